The van der Waals surface area contributed by atoms with Gasteiger partial charge in [-0.25, -0.2) is 9.18 Å². The number of hydrogen-bond acceptors (Lipinski definition) is 4. The topological polar surface area (TPSA) is 67.6 Å². The number of halogens is 1. The maximum Gasteiger partial charge on any atom is 0.323 e. The second-order valence-corrected chi connectivity index (χ2v) is 6.11. The fourth-order valence-electron chi connectivity index (χ4n) is 2.60. The van der Waals surface area contributed by atoms with Gasteiger partial charge < -0.3 is 14.2 Å². The van der Waals surface area contributed by atoms with Crippen LogP contribution in [0.4, 0.5) is 15.0 Å². The number of carbonyl (C=O) groups excluding carboxylic acids is 1. The van der Waals surface area contributed by atoms with Crippen molar-refractivity contribution < 1.29 is 18.4 Å². The molecule has 1 fully saturated rings. The van der Waals surface area contributed by atoms with Gasteiger partial charge in [0.1, 0.15) is 5.82 Å². The molecule has 128 valence electrons. The Kier molecular flexibility index (Phi) is 4.53. The van der Waals surface area contributed by atoms with Crippen LogP contribution in [0.1, 0.15) is 19.4 Å². The number of nitrogens with one attached hydrogen (secondary N) is 1. The number of amides is 2. The fourth-order valence-corrected chi connectivity index (χ4v) is 2.60. The molecule has 1 N–H and O–H groups in total. The molecule has 3 rings (SSSR count). The molecule has 0 bridgehead atoms. The van der Waals surface area contributed by atoms with Crippen molar-refractivity contribution in [3.05, 3.63) is 35.6 Å². The monoisotopic (exact) mass is 333 g/mol. The standard InChI is InChI=1S/C17H20FN3O3/c1-10(2)23-12-8-21(9-12)17(22)19-16-11(3)15(24-20-16)13-6-4-5-7-14(13)18/h4-7,10,12H,8-9H2,1-3H3,(H,19,20,22). The highest BCUT2D eigenvalue weighted by molar-refractivity contribution is 5.90. The minimum absolute atomic E-state index is 0.0723. The molecule has 1 aliphatic rings. The van der Waals surface area contributed by atoms with Crippen LogP contribution in [-0.4, -0.2) is 41.4 Å². The van der Waals surface area contributed by atoms with Crippen molar-refractivity contribution in [2.45, 2.75) is 33.0 Å². The average molecular weight is 333 g/mol. The first-order valence-electron chi connectivity index (χ1n) is 7.88. The Bertz CT molecular complexity index is 738. The number of rotatable bonds is 4. The van der Waals surface area contributed by atoms with E-state index in [4.69, 9.17) is 9.26 Å². The molecule has 7 heteroatoms. The second-order valence-electron chi connectivity index (χ2n) is 6.11. The van der Waals surface area contributed by atoms with Gasteiger partial charge in [0.2, 0.25) is 0 Å². The zero-order valence-corrected chi connectivity index (χ0v) is 13.9. The van der Waals surface area contributed by atoms with E-state index >= 15 is 0 Å². The number of carbonyl (C=O) groups is 1. The van der Waals surface area contributed by atoms with E-state index in [1.165, 1.54) is 6.07 Å². The van der Waals surface area contributed by atoms with Crippen LogP contribution in [0.15, 0.2) is 28.8 Å². The lowest BCUT2D eigenvalue weighted by Crippen LogP contribution is -2.56. The van der Waals surface area contributed by atoms with Crippen molar-refractivity contribution in [2.75, 3.05) is 18.4 Å². The molecule has 1 aromatic carbocycles. The second kappa shape index (κ2) is 6.60. The summed E-state index contributed by atoms with van der Waals surface area (Å²) in [4.78, 5) is 13.8. The van der Waals surface area contributed by atoms with Gasteiger partial charge in [-0.3, -0.25) is 5.32 Å². The number of ether oxygens (including phenoxy) is 1. The molecule has 2 heterocycles. The van der Waals surface area contributed by atoms with Gasteiger partial charge in [0, 0.05) is 5.56 Å². The Morgan fingerprint density at radius 2 is 2.12 bits per heavy atom. The molecule has 0 radical (unpaired) electrons. The summed E-state index contributed by atoms with van der Waals surface area (Å²) in [5.41, 5.74) is 0.904. The summed E-state index contributed by atoms with van der Waals surface area (Å²) in [5, 5.41) is 6.55. The van der Waals surface area contributed by atoms with Crippen molar-refractivity contribution in [1.82, 2.24) is 10.1 Å². The van der Waals surface area contributed by atoms with Gasteiger partial charge >= 0.3 is 6.03 Å². The summed E-state index contributed by atoms with van der Waals surface area (Å²) in [7, 11) is 0. The van der Waals surface area contributed by atoms with Crippen LogP contribution in [0, 0.1) is 12.7 Å². The minimum Gasteiger partial charge on any atom is -0.372 e. The molecule has 24 heavy (non-hydrogen) atoms. The first-order valence-corrected chi connectivity index (χ1v) is 7.88. The van der Waals surface area contributed by atoms with E-state index in [2.05, 4.69) is 10.5 Å². The van der Waals surface area contributed by atoms with Gasteiger partial charge in [-0.05, 0) is 32.9 Å². The Balaban J connectivity index is 1.65. The number of urea groups is 1. The quantitative estimate of drug-likeness (QED) is 0.931. The summed E-state index contributed by atoms with van der Waals surface area (Å²) < 4.78 is 24.7. The average Bonchev–Trinajstić information content (AvgIpc) is 2.84. The zero-order chi connectivity index (χ0) is 17.3. The van der Waals surface area contributed by atoms with Crippen LogP contribution >= 0.6 is 0 Å². The van der Waals surface area contributed by atoms with Crippen LogP contribution in [0.3, 0.4) is 0 Å². The van der Waals surface area contributed by atoms with Crippen LogP contribution < -0.4 is 5.32 Å². The van der Waals surface area contributed by atoms with Crippen LogP contribution in [0.2, 0.25) is 0 Å². The Morgan fingerprint density at radius 3 is 2.79 bits per heavy atom. The minimum atomic E-state index is -0.397. The number of likely N-dealkylation sites (tertiary alicyclic amines) is 1. The number of aromatic nitrogens is 1. The third-order valence-corrected chi connectivity index (χ3v) is 3.87. The summed E-state index contributed by atoms with van der Waals surface area (Å²) in [6.45, 7) is 6.74. The van der Waals surface area contributed by atoms with E-state index in [9.17, 15) is 9.18 Å². The number of benzene rings is 1. The van der Waals surface area contributed by atoms with Gasteiger partial charge in [0.05, 0.1) is 30.9 Å². The lowest BCUT2D eigenvalue weighted by molar-refractivity contribution is -0.0624. The third-order valence-electron chi connectivity index (χ3n) is 3.87. The van der Waals surface area contributed by atoms with Crippen molar-refractivity contribution in [3.8, 4) is 11.3 Å². The van der Waals surface area contributed by atoms with Gasteiger partial charge in [0.15, 0.2) is 11.6 Å². The molecule has 1 aromatic heterocycles. The lowest BCUT2D eigenvalue weighted by Gasteiger charge is -2.39. The van der Waals surface area contributed by atoms with Gasteiger partial charge in [0.25, 0.3) is 0 Å². The molecule has 0 atom stereocenters. The van der Waals surface area contributed by atoms with Crippen LogP contribution in [-0.2, 0) is 4.74 Å². The Morgan fingerprint density at radius 1 is 1.42 bits per heavy atom. The summed E-state index contributed by atoms with van der Waals surface area (Å²) >= 11 is 0. The molecular formula is C17H20FN3O3. The highest BCUT2D eigenvalue weighted by Gasteiger charge is 2.32. The van der Waals surface area contributed by atoms with E-state index in [-0.39, 0.29) is 18.2 Å². The molecule has 1 saturated heterocycles. The molecule has 0 saturated carbocycles. The third kappa shape index (κ3) is 3.26. The highest BCUT2D eigenvalue weighted by Crippen LogP contribution is 2.30. The number of anilines is 1. The van der Waals surface area contributed by atoms with E-state index in [1.54, 1.807) is 30.0 Å². The number of nitrogens with zero attached hydrogens (tertiary/aromatic N) is 2. The Labute approximate surface area is 139 Å². The lowest BCUT2D eigenvalue weighted by atomic mass is 10.1. The van der Waals surface area contributed by atoms with Crippen molar-refractivity contribution >= 4 is 11.8 Å². The van der Waals surface area contributed by atoms with E-state index in [0.717, 1.165) is 0 Å². The van der Waals surface area contributed by atoms with Crippen molar-refractivity contribution in [3.63, 3.8) is 0 Å². The smallest absolute Gasteiger partial charge is 0.323 e. The maximum atomic E-state index is 13.9. The van der Waals surface area contributed by atoms with E-state index < -0.39 is 5.82 Å². The predicted octanol–water partition coefficient (Wildman–Crippen LogP) is 3.43. The molecule has 0 spiro atoms. The highest BCUT2D eigenvalue weighted by atomic mass is 19.1. The Hall–Kier alpha value is -2.41. The molecule has 2 amide bonds. The zero-order valence-electron chi connectivity index (χ0n) is 13.9. The van der Waals surface area contributed by atoms with Gasteiger partial charge in [-0.15, -0.1) is 0 Å². The first kappa shape index (κ1) is 16.4. The summed E-state index contributed by atoms with van der Waals surface area (Å²) in [6, 6.07) is 6.01. The normalized spacial score (nSPS) is 14.8. The van der Waals surface area contributed by atoms with E-state index in [1.807, 2.05) is 13.8 Å². The first-order chi connectivity index (χ1) is 11.5. The van der Waals surface area contributed by atoms with Gasteiger partial charge in [-0.1, -0.05) is 17.3 Å². The molecule has 2 aromatic rings. The molecule has 1 aliphatic heterocycles. The molecular weight excluding hydrogens is 313 g/mol. The largest absolute Gasteiger partial charge is 0.372 e. The molecule has 0 aliphatic carbocycles. The molecule has 0 unspecified atom stereocenters. The van der Waals surface area contributed by atoms with Crippen LogP contribution in [0.25, 0.3) is 11.3 Å². The summed E-state index contributed by atoms with van der Waals surface area (Å²) in [6.07, 6.45) is 0.212. The summed E-state index contributed by atoms with van der Waals surface area (Å²) in [5.74, 6) is 0.213. The van der Waals surface area contributed by atoms with Gasteiger partial charge in [-0.2, -0.15) is 0 Å². The van der Waals surface area contributed by atoms with Crippen molar-refractivity contribution in [1.29, 1.82) is 0 Å². The predicted molar refractivity (Wildman–Crippen MR) is 87.2 cm³/mol. The fraction of sp³-hybridized carbons (Fsp3) is 0.412. The maximum absolute atomic E-state index is 13.9. The van der Waals surface area contributed by atoms with Crippen LogP contribution in [0.5, 0.6) is 0 Å². The van der Waals surface area contributed by atoms with E-state index in [0.29, 0.717) is 35.8 Å². The number of hydrogen-bond donors (Lipinski definition) is 1. The SMILES string of the molecule is Cc1c(NC(=O)N2CC(OC(C)C)C2)noc1-c1ccccc1F. The van der Waals surface area contributed by atoms with Crippen molar-refractivity contribution in [2.24, 2.45) is 0 Å². The molecule has 6 nitrogen and oxygen atoms in total.